The number of fused-ring (bicyclic) bond motifs is 3. The van der Waals surface area contributed by atoms with Gasteiger partial charge in [0.2, 0.25) is 5.91 Å². The Hall–Kier alpha value is -3.35. The Labute approximate surface area is 206 Å². The van der Waals surface area contributed by atoms with Crippen LogP contribution < -0.4 is 10.6 Å². The molecule has 4 rings (SSSR count). The lowest BCUT2D eigenvalue weighted by Crippen LogP contribution is -2.51. The standard InChI is InChI=1S/C28H34N2O5/c1-28(2,3)24(26(32)33)30-25(31)18-14-8-9-17(18)15-29-27(34)35-16-23-21-12-6-4-10-19(21)20-11-5-7-13-22(20)23/h4-7,10-13,17-18,23-24H,8-9,14-16H2,1-3H3,(H,29,34)(H,30,31)(H,32,33)/t17-,18-,24?/m1/s1. The van der Waals surface area contributed by atoms with E-state index in [1.165, 1.54) is 11.1 Å². The predicted octanol–water partition coefficient (Wildman–Crippen LogP) is 4.56. The summed E-state index contributed by atoms with van der Waals surface area (Å²) in [6.07, 6.45) is 1.84. The monoisotopic (exact) mass is 478 g/mol. The van der Waals surface area contributed by atoms with Crippen LogP contribution in [-0.4, -0.2) is 42.3 Å². The lowest BCUT2D eigenvalue weighted by Gasteiger charge is -2.30. The summed E-state index contributed by atoms with van der Waals surface area (Å²) >= 11 is 0. The van der Waals surface area contributed by atoms with Gasteiger partial charge in [-0.05, 0) is 46.4 Å². The number of nitrogens with one attached hydrogen (secondary N) is 2. The van der Waals surface area contributed by atoms with E-state index in [9.17, 15) is 19.5 Å². The van der Waals surface area contributed by atoms with Gasteiger partial charge in [-0.15, -0.1) is 0 Å². The Balaban J connectivity index is 1.32. The van der Waals surface area contributed by atoms with Crippen molar-refractivity contribution in [1.29, 1.82) is 0 Å². The van der Waals surface area contributed by atoms with E-state index in [1.807, 2.05) is 24.3 Å². The molecule has 1 unspecified atom stereocenters. The summed E-state index contributed by atoms with van der Waals surface area (Å²) < 4.78 is 5.61. The number of aliphatic carboxylic acids is 1. The molecule has 2 amide bonds. The molecule has 3 atom stereocenters. The van der Waals surface area contributed by atoms with E-state index < -0.39 is 23.5 Å². The molecule has 0 radical (unpaired) electrons. The van der Waals surface area contributed by atoms with Crippen LogP contribution in [0.2, 0.25) is 0 Å². The molecule has 0 aromatic heterocycles. The zero-order chi connectivity index (χ0) is 25.2. The largest absolute Gasteiger partial charge is 0.480 e. The van der Waals surface area contributed by atoms with Crippen LogP contribution in [-0.2, 0) is 14.3 Å². The molecule has 0 heterocycles. The van der Waals surface area contributed by atoms with Crippen LogP contribution in [0, 0.1) is 17.3 Å². The summed E-state index contributed by atoms with van der Waals surface area (Å²) in [4.78, 5) is 37.1. The van der Waals surface area contributed by atoms with Gasteiger partial charge in [-0.1, -0.05) is 75.7 Å². The molecule has 0 aliphatic heterocycles. The number of carbonyl (C=O) groups excluding carboxylic acids is 2. The first-order chi connectivity index (χ1) is 16.7. The summed E-state index contributed by atoms with van der Waals surface area (Å²) in [5.41, 5.74) is 4.05. The summed E-state index contributed by atoms with van der Waals surface area (Å²) in [6.45, 7) is 5.92. The highest BCUT2D eigenvalue weighted by Gasteiger charge is 2.38. The van der Waals surface area contributed by atoms with Crippen molar-refractivity contribution in [1.82, 2.24) is 10.6 Å². The van der Waals surface area contributed by atoms with Gasteiger partial charge in [0, 0.05) is 18.4 Å². The van der Waals surface area contributed by atoms with Gasteiger partial charge in [0.15, 0.2) is 0 Å². The Morgan fingerprint density at radius 1 is 1.00 bits per heavy atom. The molecule has 186 valence electrons. The van der Waals surface area contributed by atoms with E-state index in [4.69, 9.17) is 4.74 Å². The number of benzene rings is 2. The molecule has 2 aromatic carbocycles. The third-order valence-corrected chi connectivity index (χ3v) is 7.25. The van der Waals surface area contributed by atoms with Gasteiger partial charge in [-0.3, -0.25) is 4.79 Å². The minimum Gasteiger partial charge on any atom is -0.480 e. The number of alkyl carbamates (subject to hydrolysis) is 1. The summed E-state index contributed by atoms with van der Waals surface area (Å²) in [7, 11) is 0. The van der Waals surface area contributed by atoms with Crippen molar-refractivity contribution in [3.63, 3.8) is 0 Å². The quantitative estimate of drug-likeness (QED) is 0.541. The highest BCUT2D eigenvalue weighted by atomic mass is 16.5. The second-order valence-electron chi connectivity index (χ2n) is 10.6. The van der Waals surface area contributed by atoms with Crippen molar-refractivity contribution in [3.05, 3.63) is 59.7 Å². The Morgan fingerprint density at radius 3 is 2.17 bits per heavy atom. The molecule has 7 heteroatoms. The van der Waals surface area contributed by atoms with Gasteiger partial charge >= 0.3 is 12.1 Å². The fourth-order valence-corrected chi connectivity index (χ4v) is 5.39. The Morgan fingerprint density at radius 2 is 1.60 bits per heavy atom. The fraction of sp³-hybridized carbons (Fsp3) is 0.464. The number of amides is 2. The zero-order valence-electron chi connectivity index (χ0n) is 20.5. The molecule has 1 fully saturated rings. The number of carboxylic acids is 1. The molecule has 3 N–H and O–H groups in total. The first-order valence-corrected chi connectivity index (χ1v) is 12.3. The fourth-order valence-electron chi connectivity index (χ4n) is 5.39. The molecular formula is C28H34N2O5. The first kappa shape index (κ1) is 24.8. The van der Waals surface area contributed by atoms with Crippen molar-refractivity contribution in [2.24, 2.45) is 17.3 Å². The third-order valence-electron chi connectivity index (χ3n) is 7.25. The molecule has 0 spiro atoms. The topological polar surface area (TPSA) is 105 Å². The molecule has 0 bridgehead atoms. The van der Waals surface area contributed by atoms with Crippen molar-refractivity contribution >= 4 is 18.0 Å². The van der Waals surface area contributed by atoms with Gasteiger partial charge in [0.25, 0.3) is 0 Å². The first-order valence-electron chi connectivity index (χ1n) is 12.3. The number of rotatable bonds is 7. The number of carboxylic acid groups (broad SMARTS) is 1. The second kappa shape index (κ2) is 10.1. The number of hydrogen-bond donors (Lipinski definition) is 3. The van der Waals surface area contributed by atoms with Crippen molar-refractivity contribution in [2.45, 2.75) is 52.0 Å². The van der Waals surface area contributed by atoms with Gasteiger partial charge in [0.05, 0.1) is 0 Å². The highest BCUT2D eigenvalue weighted by molar-refractivity contribution is 5.86. The van der Waals surface area contributed by atoms with Crippen LogP contribution in [0.15, 0.2) is 48.5 Å². The van der Waals surface area contributed by atoms with Crippen LogP contribution in [0.5, 0.6) is 0 Å². The minimum absolute atomic E-state index is 0.0106. The van der Waals surface area contributed by atoms with Crippen molar-refractivity contribution in [3.8, 4) is 11.1 Å². The molecule has 1 saturated carbocycles. The number of ether oxygens (including phenoxy) is 1. The van der Waals surface area contributed by atoms with Crippen LogP contribution in [0.1, 0.15) is 57.1 Å². The second-order valence-corrected chi connectivity index (χ2v) is 10.6. The van der Waals surface area contributed by atoms with Gasteiger partial charge in [-0.25, -0.2) is 9.59 Å². The molecule has 2 aromatic rings. The number of hydrogen-bond acceptors (Lipinski definition) is 4. The maximum absolute atomic E-state index is 12.9. The highest BCUT2D eigenvalue weighted by Crippen LogP contribution is 2.44. The van der Waals surface area contributed by atoms with E-state index in [1.54, 1.807) is 20.8 Å². The molecular weight excluding hydrogens is 444 g/mol. The van der Waals surface area contributed by atoms with Crippen molar-refractivity contribution < 1.29 is 24.2 Å². The lowest BCUT2D eigenvalue weighted by atomic mass is 9.85. The molecule has 35 heavy (non-hydrogen) atoms. The van der Waals surface area contributed by atoms with Gasteiger partial charge < -0.3 is 20.5 Å². The summed E-state index contributed by atoms with van der Waals surface area (Å²) in [5, 5.41) is 15.1. The lowest BCUT2D eigenvalue weighted by molar-refractivity contribution is -0.145. The van der Waals surface area contributed by atoms with Crippen LogP contribution in [0.4, 0.5) is 4.79 Å². The molecule has 2 aliphatic rings. The zero-order valence-corrected chi connectivity index (χ0v) is 20.5. The molecule has 2 aliphatic carbocycles. The van der Waals surface area contributed by atoms with E-state index in [0.29, 0.717) is 13.0 Å². The number of carbonyl (C=O) groups is 3. The SMILES string of the molecule is CC(C)(C)C(NC(=O)[C@@H]1CCC[C@@H]1CNC(=O)OCC1c2ccccc2-c2ccccc21)C(=O)O. The van der Waals surface area contributed by atoms with Gasteiger partial charge in [-0.2, -0.15) is 0 Å². The Bertz CT molecular complexity index is 1060. The van der Waals surface area contributed by atoms with E-state index in [0.717, 1.165) is 24.0 Å². The summed E-state index contributed by atoms with van der Waals surface area (Å²) in [5.74, 6) is -1.69. The van der Waals surface area contributed by atoms with E-state index in [-0.39, 0.29) is 30.3 Å². The van der Waals surface area contributed by atoms with Crippen LogP contribution >= 0.6 is 0 Å². The molecule has 0 saturated heterocycles. The van der Waals surface area contributed by atoms with Crippen LogP contribution in [0.3, 0.4) is 0 Å². The average molecular weight is 479 g/mol. The maximum atomic E-state index is 12.9. The molecule has 7 nitrogen and oxygen atoms in total. The smallest absolute Gasteiger partial charge is 0.407 e. The predicted molar refractivity (Wildman–Crippen MR) is 133 cm³/mol. The minimum atomic E-state index is -1.04. The van der Waals surface area contributed by atoms with E-state index in [2.05, 4.69) is 34.9 Å². The third kappa shape index (κ3) is 5.34. The normalized spacial score (nSPS) is 20.0. The van der Waals surface area contributed by atoms with E-state index >= 15 is 0 Å². The average Bonchev–Trinajstić information content (AvgIpc) is 3.41. The van der Waals surface area contributed by atoms with Crippen molar-refractivity contribution in [2.75, 3.05) is 13.2 Å². The van der Waals surface area contributed by atoms with Gasteiger partial charge in [0.1, 0.15) is 12.6 Å². The van der Waals surface area contributed by atoms with Crippen LogP contribution in [0.25, 0.3) is 11.1 Å². The summed E-state index contributed by atoms with van der Waals surface area (Å²) in [6, 6.07) is 15.4. The Kier molecular flexibility index (Phi) is 7.15. The maximum Gasteiger partial charge on any atom is 0.407 e.